The quantitative estimate of drug-likeness (QED) is 0.845. The fourth-order valence-corrected chi connectivity index (χ4v) is 2.78. The minimum Gasteiger partial charge on any atom is -0.493 e. The molecule has 3 heteroatoms. The molecular weight excluding hydrogens is 328 g/mol. The van der Waals surface area contributed by atoms with Crippen LogP contribution in [0.2, 0.25) is 0 Å². The first-order chi connectivity index (χ1) is 10.0. The molecule has 0 aliphatic rings. The predicted molar refractivity (Wildman–Crippen MR) is 89.9 cm³/mol. The second-order valence-electron chi connectivity index (χ2n) is 5.26. The molecule has 0 aliphatic heterocycles. The minimum absolute atomic E-state index is 0.515. The first-order valence-corrected chi connectivity index (χ1v) is 7.97. The third-order valence-electron chi connectivity index (χ3n) is 3.64. The summed E-state index contributed by atoms with van der Waals surface area (Å²) in [5.41, 5.74) is 4.57. The lowest BCUT2D eigenvalue weighted by Crippen LogP contribution is -2.03. The van der Waals surface area contributed by atoms with Gasteiger partial charge in [0.15, 0.2) is 0 Å². The summed E-state index contributed by atoms with van der Waals surface area (Å²) < 4.78 is 6.37. The molecule has 2 rings (SSSR count). The fraction of sp³-hybridized carbons (Fsp3) is 0.333. The Morgan fingerprint density at radius 1 is 1.10 bits per heavy atom. The normalized spacial score (nSPS) is 12.2. The van der Waals surface area contributed by atoms with Crippen molar-refractivity contribution in [2.45, 2.75) is 33.3 Å². The SMILES string of the molecule is CCOc1ccc(C(O)Cc2ccc(C)c(C)c2)cc1Br. The molecule has 0 radical (unpaired) electrons. The van der Waals surface area contributed by atoms with E-state index in [1.807, 2.05) is 25.1 Å². The molecule has 0 amide bonds. The van der Waals surface area contributed by atoms with E-state index in [0.717, 1.165) is 21.3 Å². The first-order valence-electron chi connectivity index (χ1n) is 7.17. The standard InChI is InChI=1S/C18H21BrO2/c1-4-21-18-8-7-15(11-16(18)19)17(20)10-14-6-5-12(2)13(3)9-14/h5-9,11,17,20H,4,10H2,1-3H3. The molecule has 112 valence electrons. The Morgan fingerprint density at radius 3 is 2.48 bits per heavy atom. The lowest BCUT2D eigenvalue weighted by molar-refractivity contribution is 0.178. The van der Waals surface area contributed by atoms with Crippen molar-refractivity contribution in [1.82, 2.24) is 0 Å². The fourth-order valence-electron chi connectivity index (χ4n) is 2.27. The molecule has 21 heavy (non-hydrogen) atoms. The van der Waals surface area contributed by atoms with Gasteiger partial charge in [0.1, 0.15) is 5.75 Å². The summed E-state index contributed by atoms with van der Waals surface area (Å²) in [5, 5.41) is 10.4. The van der Waals surface area contributed by atoms with E-state index in [1.54, 1.807) is 0 Å². The van der Waals surface area contributed by atoms with E-state index in [-0.39, 0.29) is 0 Å². The second-order valence-corrected chi connectivity index (χ2v) is 6.12. The summed E-state index contributed by atoms with van der Waals surface area (Å²) in [4.78, 5) is 0. The highest BCUT2D eigenvalue weighted by atomic mass is 79.9. The predicted octanol–water partition coefficient (Wildman–Crippen LogP) is 4.74. The van der Waals surface area contributed by atoms with Crippen molar-refractivity contribution in [2.24, 2.45) is 0 Å². The van der Waals surface area contributed by atoms with E-state index in [1.165, 1.54) is 11.1 Å². The molecule has 0 saturated heterocycles. The largest absolute Gasteiger partial charge is 0.493 e. The van der Waals surface area contributed by atoms with Crippen LogP contribution in [0.25, 0.3) is 0 Å². The number of benzene rings is 2. The van der Waals surface area contributed by atoms with Gasteiger partial charge in [-0.15, -0.1) is 0 Å². The van der Waals surface area contributed by atoms with Crippen LogP contribution in [0.1, 0.15) is 35.3 Å². The van der Waals surface area contributed by atoms with Gasteiger partial charge in [-0.3, -0.25) is 0 Å². The molecule has 0 aliphatic carbocycles. The average Bonchev–Trinajstić information content (AvgIpc) is 2.45. The van der Waals surface area contributed by atoms with E-state index in [2.05, 4.69) is 48.0 Å². The van der Waals surface area contributed by atoms with E-state index in [4.69, 9.17) is 4.74 Å². The van der Waals surface area contributed by atoms with Crippen LogP contribution in [-0.4, -0.2) is 11.7 Å². The summed E-state index contributed by atoms with van der Waals surface area (Å²) >= 11 is 3.49. The molecule has 2 aromatic rings. The van der Waals surface area contributed by atoms with E-state index in [9.17, 15) is 5.11 Å². The lowest BCUT2D eigenvalue weighted by Gasteiger charge is -2.14. The zero-order valence-corrected chi connectivity index (χ0v) is 14.3. The number of rotatable bonds is 5. The third-order valence-corrected chi connectivity index (χ3v) is 4.26. The molecule has 0 spiro atoms. The Labute approximate surface area is 134 Å². The van der Waals surface area contributed by atoms with Crippen molar-refractivity contribution in [2.75, 3.05) is 6.61 Å². The maximum atomic E-state index is 10.4. The van der Waals surface area contributed by atoms with Gasteiger partial charge in [0, 0.05) is 6.42 Å². The zero-order valence-electron chi connectivity index (χ0n) is 12.7. The smallest absolute Gasteiger partial charge is 0.133 e. The van der Waals surface area contributed by atoms with Crippen LogP contribution in [0.5, 0.6) is 5.75 Å². The van der Waals surface area contributed by atoms with Crippen LogP contribution in [0.4, 0.5) is 0 Å². The number of ether oxygens (including phenoxy) is 1. The highest BCUT2D eigenvalue weighted by Crippen LogP contribution is 2.29. The van der Waals surface area contributed by atoms with Crippen LogP contribution in [-0.2, 0) is 6.42 Å². The van der Waals surface area contributed by atoms with Crippen LogP contribution in [0.3, 0.4) is 0 Å². The zero-order chi connectivity index (χ0) is 15.4. The Balaban J connectivity index is 2.14. The molecule has 0 heterocycles. The number of aliphatic hydroxyl groups excluding tert-OH is 1. The summed E-state index contributed by atoms with van der Waals surface area (Å²) in [5.74, 6) is 0.805. The van der Waals surface area contributed by atoms with Gasteiger partial charge in [0.2, 0.25) is 0 Å². The highest BCUT2D eigenvalue weighted by molar-refractivity contribution is 9.10. The van der Waals surface area contributed by atoms with Gasteiger partial charge in [-0.2, -0.15) is 0 Å². The molecule has 0 saturated carbocycles. The van der Waals surface area contributed by atoms with Crippen molar-refractivity contribution in [3.8, 4) is 5.75 Å². The highest BCUT2D eigenvalue weighted by Gasteiger charge is 2.11. The van der Waals surface area contributed by atoms with Crippen molar-refractivity contribution < 1.29 is 9.84 Å². The van der Waals surface area contributed by atoms with Gasteiger partial charge < -0.3 is 9.84 Å². The number of aliphatic hydroxyl groups is 1. The molecule has 2 aromatic carbocycles. The molecule has 0 fully saturated rings. The molecule has 1 N–H and O–H groups in total. The topological polar surface area (TPSA) is 29.5 Å². The molecular formula is C18H21BrO2. The molecule has 0 aromatic heterocycles. The third kappa shape index (κ3) is 4.08. The van der Waals surface area contributed by atoms with Gasteiger partial charge in [-0.05, 0) is 71.1 Å². The summed E-state index contributed by atoms with van der Waals surface area (Å²) in [6.07, 6.45) is 0.0979. The van der Waals surface area contributed by atoms with Crippen LogP contribution in [0.15, 0.2) is 40.9 Å². The number of aryl methyl sites for hydroxylation is 2. The van der Waals surface area contributed by atoms with Gasteiger partial charge in [-0.25, -0.2) is 0 Å². The molecule has 2 nitrogen and oxygen atoms in total. The maximum Gasteiger partial charge on any atom is 0.133 e. The van der Waals surface area contributed by atoms with Gasteiger partial charge in [0.05, 0.1) is 17.2 Å². The lowest BCUT2D eigenvalue weighted by atomic mass is 9.98. The Hall–Kier alpha value is -1.32. The minimum atomic E-state index is -0.515. The van der Waals surface area contributed by atoms with Crippen LogP contribution in [0, 0.1) is 13.8 Å². The monoisotopic (exact) mass is 348 g/mol. The number of hydrogen-bond acceptors (Lipinski definition) is 2. The van der Waals surface area contributed by atoms with E-state index >= 15 is 0 Å². The Bertz CT molecular complexity index is 623. The van der Waals surface area contributed by atoms with Gasteiger partial charge >= 0.3 is 0 Å². The van der Waals surface area contributed by atoms with Crippen LogP contribution >= 0.6 is 15.9 Å². The average molecular weight is 349 g/mol. The summed E-state index contributed by atoms with van der Waals surface area (Å²) in [6.45, 7) is 6.77. The summed E-state index contributed by atoms with van der Waals surface area (Å²) in [6, 6.07) is 12.1. The first kappa shape index (κ1) is 16.1. The Morgan fingerprint density at radius 2 is 1.86 bits per heavy atom. The Kier molecular flexibility index (Phi) is 5.43. The second kappa shape index (κ2) is 7.10. The molecule has 1 unspecified atom stereocenters. The summed E-state index contributed by atoms with van der Waals surface area (Å²) in [7, 11) is 0. The van der Waals surface area contributed by atoms with Crippen molar-refractivity contribution in [1.29, 1.82) is 0 Å². The number of hydrogen-bond donors (Lipinski definition) is 1. The molecule has 0 bridgehead atoms. The van der Waals surface area contributed by atoms with E-state index in [0.29, 0.717) is 13.0 Å². The van der Waals surface area contributed by atoms with Gasteiger partial charge in [-0.1, -0.05) is 24.3 Å². The van der Waals surface area contributed by atoms with Crippen molar-refractivity contribution >= 4 is 15.9 Å². The van der Waals surface area contributed by atoms with Crippen molar-refractivity contribution in [3.05, 3.63) is 63.1 Å². The maximum absolute atomic E-state index is 10.4. The van der Waals surface area contributed by atoms with E-state index < -0.39 is 6.10 Å². The van der Waals surface area contributed by atoms with Crippen LogP contribution < -0.4 is 4.74 Å². The number of halogens is 1. The van der Waals surface area contributed by atoms with Crippen molar-refractivity contribution in [3.63, 3.8) is 0 Å². The molecule has 1 atom stereocenters. The van der Waals surface area contributed by atoms with Gasteiger partial charge in [0.25, 0.3) is 0 Å².